The molecule has 0 spiro atoms. The monoisotopic (exact) mass is 281 g/mol. The number of aromatic nitrogens is 1. The third kappa shape index (κ3) is 2.52. The maximum absolute atomic E-state index is 4.18. The number of hydrogen-bond acceptors (Lipinski definition) is 2. The van der Waals surface area contributed by atoms with E-state index in [0.717, 1.165) is 14.9 Å². The zero-order chi connectivity index (χ0) is 7.40. The third-order valence-corrected chi connectivity index (χ3v) is 2.74. The Balaban J connectivity index is 2.67. The van der Waals surface area contributed by atoms with E-state index in [1.54, 1.807) is 11.3 Å². The zero-order valence-corrected chi connectivity index (χ0v) is 9.04. The lowest BCUT2D eigenvalue weighted by molar-refractivity contribution is 1.34. The molecule has 0 bridgehead atoms. The Hall–Kier alpha value is 0.330. The average Bonchev–Trinajstić information content (AvgIpc) is 2.31. The summed E-state index contributed by atoms with van der Waals surface area (Å²) in [6, 6.07) is 0. The van der Waals surface area contributed by atoms with Crippen molar-refractivity contribution in [3.8, 4) is 0 Å². The number of rotatable bonds is 2. The molecule has 0 saturated carbocycles. The zero-order valence-electron chi connectivity index (χ0n) is 5.05. The predicted molar refractivity (Wildman–Crippen MR) is 52.6 cm³/mol. The number of hydrogen-bond donors (Lipinski definition) is 0. The Morgan fingerprint density at radius 2 is 2.50 bits per heavy atom. The molecule has 1 heterocycles. The van der Waals surface area contributed by atoms with Crippen molar-refractivity contribution in [1.82, 2.24) is 4.98 Å². The molecule has 0 aliphatic rings. The molecular weight excluding hydrogens is 278 g/mol. The predicted octanol–water partition coefficient (Wildman–Crippen LogP) is 3.31. The molecule has 54 valence electrons. The molecule has 1 aromatic rings. The van der Waals surface area contributed by atoms with Crippen molar-refractivity contribution in [2.75, 3.05) is 5.33 Å². The van der Waals surface area contributed by atoms with Crippen LogP contribution in [0.2, 0.25) is 0 Å². The quantitative estimate of drug-likeness (QED) is 0.759. The van der Waals surface area contributed by atoms with Crippen molar-refractivity contribution < 1.29 is 0 Å². The minimum absolute atomic E-state index is 0.879. The van der Waals surface area contributed by atoms with E-state index in [2.05, 4.69) is 36.8 Å². The van der Waals surface area contributed by atoms with Crippen molar-refractivity contribution >= 4 is 49.3 Å². The highest BCUT2D eigenvalue weighted by molar-refractivity contribution is 9.10. The molecular formula is C6H5Br2NS. The molecule has 0 fully saturated rings. The van der Waals surface area contributed by atoms with E-state index in [-0.39, 0.29) is 0 Å². The SMILES string of the molecule is BrCC=Cc1nc(Br)cs1. The van der Waals surface area contributed by atoms with E-state index in [9.17, 15) is 0 Å². The summed E-state index contributed by atoms with van der Waals surface area (Å²) < 4.78 is 0.909. The van der Waals surface area contributed by atoms with Gasteiger partial charge in [0.1, 0.15) is 9.61 Å². The standard InChI is InChI=1S/C6H5Br2NS/c7-3-1-2-6-9-5(8)4-10-6/h1-2,4H,3H2. The molecule has 0 atom stereocenters. The van der Waals surface area contributed by atoms with Gasteiger partial charge in [0, 0.05) is 10.7 Å². The van der Waals surface area contributed by atoms with Crippen LogP contribution in [0.1, 0.15) is 5.01 Å². The molecule has 0 N–H and O–H groups in total. The van der Waals surface area contributed by atoms with E-state index in [0.29, 0.717) is 0 Å². The van der Waals surface area contributed by atoms with Crippen LogP contribution in [0.25, 0.3) is 6.08 Å². The van der Waals surface area contributed by atoms with Crippen molar-refractivity contribution in [2.45, 2.75) is 0 Å². The van der Waals surface area contributed by atoms with Gasteiger partial charge >= 0.3 is 0 Å². The highest BCUT2D eigenvalue weighted by atomic mass is 79.9. The summed E-state index contributed by atoms with van der Waals surface area (Å²) in [6.07, 6.45) is 4.01. The van der Waals surface area contributed by atoms with Crippen molar-refractivity contribution in [3.05, 3.63) is 21.1 Å². The summed E-state index contributed by atoms with van der Waals surface area (Å²) in [6.45, 7) is 0. The first-order chi connectivity index (χ1) is 4.83. The summed E-state index contributed by atoms with van der Waals surface area (Å²) in [5.41, 5.74) is 0. The lowest BCUT2D eigenvalue weighted by Crippen LogP contribution is -1.66. The van der Waals surface area contributed by atoms with Gasteiger partial charge in [-0.05, 0) is 22.0 Å². The van der Waals surface area contributed by atoms with E-state index in [4.69, 9.17) is 0 Å². The Kier molecular flexibility index (Phi) is 3.59. The van der Waals surface area contributed by atoms with E-state index in [1.807, 2.05) is 17.5 Å². The molecule has 10 heavy (non-hydrogen) atoms. The fourth-order valence-electron chi connectivity index (χ4n) is 0.489. The molecule has 0 saturated heterocycles. The maximum Gasteiger partial charge on any atom is 0.117 e. The van der Waals surface area contributed by atoms with Gasteiger partial charge < -0.3 is 0 Å². The summed E-state index contributed by atoms with van der Waals surface area (Å²) in [4.78, 5) is 4.18. The van der Waals surface area contributed by atoms with Gasteiger partial charge in [-0.2, -0.15) is 0 Å². The van der Waals surface area contributed by atoms with E-state index >= 15 is 0 Å². The maximum atomic E-state index is 4.18. The second-order valence-corrected chi connectivity index (χ2v) is 3.91. The first-order valence-electron chi connectivity index (χ1n) is 2.66. The number of nitrogens with zero attached hydrogens (tertiary/aromatic N) is 1. The van der Waals surface area contributed by atoms with Gasteiger partial charge in [-0.15, -0.1) is 11.3 Å². The molecule has 0 aromatic carbocycles. The Morgan fingerprint density at radius 1 is 1.70 bits per heavy atom. The molecule has 1 aromatic heterocycles. The summed E-state index contributed by atoms with van der Waals surface area (Å²) in [7, 11) is 0. The van der Waals surface area contributed by atoms with Crippen LogP contribution in [0.4, 0.5) is 0 Å². The van der Waals surface area contributed by atoms with Crippen molar-refractivity contribution in [1.29, 1.82) is 0 Å². The van der Waals surface area contributed by atoms with E-state index < -0.39 is 0 Å². The highest BCUT2D eigenvalue weighted by Gasteiger charge is 1.92. The normalized spacial score (nSPS) is 11.0. The van der Waals surface area contributed by atoms with Crippen LogP contribution in [-0.4, -0.2) is 10.3 Å². The second-order valence-electron chi connectivity index (χ2n) is 1.57. The second kappa shape index (κ2) is 4.26. The van der Waals surface area contributed by atoms with Gasteiger partial charge in [0.25, 0.3) is 0 Å². The number of thiazole rings is 1. The van der Waals surface area contributed by atoms with Crippen LogP contribution in [0.3, 0.4) is 0 Å². The lowest BCUT2D eigenvalue weighted by atomic mass is 10.5. The molecule has 0 amide bonds. The third-order valence-electron chi connectivity index (χ3n) is 0.843. The van der Waals surface area contributed by atoms with Crippen molar-refractivity contribution in [2.24, 2.45) is 0 Å². The topological polar surface area (TPSA) is 12.9 Å². The molecule has 0 unspecified atom stereocenters. The minimum atomic E-state index is 0.879. The largest absolute Gasteiger partial charge is 0.230 e. The molecule has 1 rings (SSSR count). The molecule has 0 radical (unpaired) electrons. The van der Waals surface area contributed by atoms with Crippen LogP contribution in [0.15, 0.2) is 16.1 Å². The van der Waals surface area contributed by atoms with Crippen LogP contribution in [0, 0.1) is 0 Å². The van der Waals surface area contributed by atoms with E-state index in [1.165, 1.54) is 0 Å². The van der Waals surface area contributed by atoms with Gasteiger partial charge in [0.05, 0.1) is 0 Å². The molecule has 0 aliphatic heterocycles. The molecule has 1 nitrogen and oxygen atoms in total. The first-order valence-corrected chi connectivity index (χ1v) is 5.46. The van der Waals surface area contributed by atoms with Gasteiger partial charge in [-0.25, -0.2) is 4.98 Å². The smallest absolute Gasteiger partial charge is 0.117 e. The average molecular weight is 283 g/mol. The highest BCUT2D eigenvalue weighted by Crippen LogP contribution is 2.15. The summed E-state index contributed by atoms with van der Waals surface area (Å²) in [5, 5.41) is 3.88. The summed E-state index contributed by atoms with van der Waals surface area (Å²) >= 11 is 8.19. The fourth-order valence-corrected chi connectivity index (χ4v) is 1.86. The number of allylic oxidation sites excluding steroid dienone is 1. The summed E-state index contributed by atoms with van der Waals surface area (Å²) in [5.74, 6) is 0. The van der Waals surface area contributed by atoms with Gasteiger partial charge in [0.2, 0.25) is 0 Å². The van der Waals surface area contributed by atoms with Crippen LogP contribution >= 0.6 is 43.2 Å². The van der Waals surface area contributed by atoms with Gasteiger partial charge in [-0.1, -0.05) is 22.0 Å². The fraction of sp³-hybridized carbons (Fsp3) is 0.167. The van der Waals surface area contributed by atoms with Gasteiger partial charge in [0.15, 0.2) is 0 Å². The Labute approximate surface area is 80.4 Å². The molecule has 0 aliphatic carbocycles. The van der Waals surface area contributed by atoms with Gasteiger partial charge in [-0.3, -0.25) is 0 Å². The number of alkyl halides is 1. The van der Waals surface area contributed by atoms with Crippen LogP contribution in [-0.2, 0) is 0 Å². The Morgan fingerprint density at radius 3 is 3.00 bits per heavy atom. The Bertz CT molecular complexity index is 231. The van der Waals surface area contributed by atoms with Crippen molar-refractivity contribution in [3.63, 3.8) is 0 Å². The van der Waals surface area contributed by atoms with Crippen LogP contribution in [0.5, 0.6) is 0 Å². The van der Waals surface area contributed by atoms with Crippen LogP contribution < -0.4 is 0 Å². The number of halogens is 2. The minimum Gasteiger partial charge on any atom is -0.230 e. The first kappa shape index (κ1) is 8.43. The molecule has 4 heteroatoms. The lowest BCUT2D eigenvalue weighted by Gasteiger charge is -1.78.